The van der Waals surface area contributed by atoms with E-state index in [-0.39, 0.29) is 23.0 Å². The summed E-state index contributed by atoms with van der Waals surface area (Å²) in [6.45, 7) is 10.1. The Bertz CT molecular complexity index is 256. The van der Waals surface area contributed by atoms with Crippen molar-refractivity contribution >= 4 is 5.91 Å². The molecule has 0 atom stereocenters. The van der Waals surface area contributed by atoms with Gasteiger partial charge in [0.1, 0.15) is 0 Å². The van der Waals surface area contributed by atoms with Gasteiger partial charge in [0, 0.05) is 12.5 Å². The molecule has 1 amide bonds. The maximum Gasteiger partial charge on any atom is 0.219 e. The first-order valence-corrected chi connectivity index (χ1v) is 6.00. The maximum absolute atomic E-state index is 11.4. The van der Waals surface area contributed by atoms with Gasteiger partial charge in [-0.15, -0.1) is 0 Å². The van der Waals surface area contributed by atoms with E-state index in [0.29, 0.717) is 6.42 Å². The van der Waals surface area contributed by atoms with Crippen LogP contribution in [0.5, 0.6) is 0 Å². The van der Waals surface area contributed by atoms with Crippen LogP contribution in [0.3, 0.4) is 0 Å². The summed E-state index contributed by atoms with van der Waals surface area (Å²) >= 11 is 0. The molecule has 4 nitrogen and oxygen atoms in total. The minimum absolute atomic E-state index is 0.107. The Labute approximate surface area is 98.0 Å². The number of nitrogens with one attached hydrogen (secondary N) is 1. The summed E-state index contributed by atoms with van der Waals surface area (Å²) in [4.78, 5) is 11.4. The van der Waals surface area contributed by atoms with E-state index in [9.17, 15) is 4.79 Å². The van der Waals surface area contributed by atoms with Crippen LogP contribution in [0.25, 0.3) is 0 Å². The Morgan fingerprint density at radius 1 is 1.31 bits per heavy atom. The van der Waals surface area contributed by atoms with Crippen molar-refractivity contribution in [2.45, 2.75) is 71.0 Å². The van der Waals surface area contributed by atoms with E-state index in [2.05, 4.69) is 33.0 Å². The van der Waals surface area contributed by atoms with Crippen LogP contribution in [0.4, 0.5) is 0 Å². The monoisotopic (exact) mass is 229 g/mol. The van der Waals surface area contributed by atoms with Gasteiger partial charge in [-0.2, -0.15) is 0 Å². The van der Waals surface area contributed by atoms with Crippen LogP contribution in [0.1, 0.15) is 53.9 Å². The molecule has 94 valence electrons. The lowest BCUT2D eigenvalue weighted by Crippen LogP contribution is -2.62. The fourth-order valence-corrected chi connectivity index (χ4v) is 2.71. The predicted molar refractivity (Wildman–Crippen MR) is 65.1 cm³/mol. The van der Waals surface area contributed by atoms with Gasteiger partial charge in [-0.25, -0.2) is 0 Å². The topological polar surface area (TPSA) is 55.2 Å². The van der Waals surface area contributed by atoms with Gasteiger partial charge in [-0.3, -0.25) is 4.79 Å². The Morgan fingerprint density at radius 2 is 1.75 bits per heavy atom. The van der Waals surface area contributed by atoms with E-state index in [1.54, 1.807) is 5.06 Å². The van der Waals surface area contributed by atoms with Gasteiger partial charge in [0.15, 0.2) is 0 Å². The van der Waals surface area contributed by atoms with Crippen LogP contribution in [-0.2, 0) is 4.79 Å². The van der Waals surface area contributed by atoms with Crippen LogP contribution < -0.4 is 5.32 Å². The Hall–Kier alpha value is -0.610. The number of hydrogen-bond acceptors (Lipinski definition) is 2. The van der Waals surface area contributed by atoms with Gasteiger partial charge >= 0.3 is 0 Å². The molecule has 1 aliphatic rings. The van der Waals surface area contributed by atoms with E-state index in [1.807, 2.05) is 6.92 Å². The van der Waals surface area contributed by atoms with Gasteiger partial charge in [0.2, 0.25) is 5.91 Å². The van der Waals surface area contributed by atoms with Crippen LogP contribution in [0, 0.1) is 0 Å². The third-order valence-corrected chi connectivity index (χ3v) is 3.39. The minimum Gasteiger partial charge on any atom is -0.353 e. The molecule has 0 radical (unpaired) electrons. The molecule has 1 saturated heterocycles. The van der Waals surface area contributed by atoms with Crippen LogP contribution in [-0.4, -0.2) is 33.3 Å². The van der Waals surface area contributed by atoms with E-state index in [0.717, 1.165) is 12.8 Å². The number of rotatable bonds is 2. The summed E-state index contributed by atoms with van der Waals surface area (Å²) in [5.41, 5.74) is -0.374. The molecule has 16 heavy (non-hydrogen) atoms. The Balaban J connectivity index is 2.75. The summed E-state index contributed by atoms with van der Waals surface area (Å²) in [5, 5.41) is 12.8. The minimum atomic E-state index is -0.187. The lowest BCUT2D eigenvalue weighted by molar-refractivity contribution is -0.246. The molecule has 0 aromatic carbocycles. The summed E-state index contributed by atoms with van der Waals surface area (Å²) in [6, 6.07) is 0.194. The maximum atomic E-state index is 11.4. The molecule has 0 aromatic heterocycles. The quantitative estimate of drug-likeness (QED) is 0.723. The highest BCUT2D eigenvalue weighted by atomic mass is 16.5. The first-order valence-electron chi connectivity index (χ1n) is 6.00. The first-order chi connectivity index (χ1) is 7.19. The van der Waals surface area contributed by atoms with Crippen molar-refractivity contribution in [2.75, 3.05) is 0 Å². The SMILES string of the molecule is CCC(=O)NC1CC(C)(C)N([OH2+])C(C)(C)C1. The molecule has 1 heterocycles. The number of carbonyl (C=O) groups is 1. The Morgan fingerprint density at radius 3 is 2.12 bits per heavy atom. The first kappa shape index (κ1) is 13.5. The molecule has 3 N–H and O–H groups in total. The summed E-state index contributed by atoms with van der Waals surface area (Å²) in [6.07, 6.45) is 2.21. The molecular formula is C12H25N2O2+. The number of piperidine rings is 1. The third kappa shape index (κ3) is 2.74. The zero-order valence-electron chi connectivity index (χ0n) is 11.1. The highest BCUT2D eigenvalue weighted by Gasteiger charge is 2.48. The molecule has 0 unspecified atom stereocenters. The predicted octanol–water partition coefficient (Wildman–Crippen LogP) is 1.17. The zero-order valence-corrected chi connectivity index (χ0v) is 11.1. The van der Waals surface area contributed by atoms with Crippen molar-refractivity contribution in [1.29, 1.82) is 0 Å². The van der Waals surface area contributed by atoms with Gasteiger partial charge < -0.3 is 10.5 Å². The molecule has 0 saturated carbocycles. The van der Waals surface area contributed by atoms with Gasteiger partial charge in [0.05, 0.1) is 11.1 Å². The average molecular weight is 229 g/mol. The lowest BCUT2D eigenvalue weighted by atomic mass is 9.79. The van der Waals surface area contributed by atoms with E-state index < -0.39 is 0 Å². The standard InChI is InChI=1S/C12H24N2O2/c1-6-10(15)13-9-7-11(2,3)14(16)12(4,5)8-9/h9,16H,6-8H2,1-5H3,(H,13,15)/p+1. The summed E-state index contributed by atoms with van der Waals surface area (Å²) < 4.78 is 0. The molecular weight excluding hydrogens is 204 g/mol. The second kappa shape index (κ2) is 4.34. The third-order valence-electron chi connectivity index (χ3n) is 3.39. The number of carbonyl (C=O) groups excluding carboxylic acids is 1. The smallest absolute Gasteiger partial charge is 0.219 e. The van der Waals surface area contributed by atoms with Crippen molar-refractivity contribution in [3.8, 4) is 0 Å². The van der Waals surface area contributed by atoms with Crippen molar-refractivity contribution in [3.63, 3.8) is 0 Å². The average Bonchev–Trinajstić information content (AvgIpc) is 2.13. The van der Waals surface area contributed by atoms with Crippen molar-refractivity contribution in [2.24, 2.45) is 0 Å². The summed E-state index contributed by atoms with van der Waals surface area (Å²) in [7, 11) is 0. The van der Waals surface area contributed by atoms with Crippen LogP contribution >= 0.6 is 0 Å². The number of hydrogen-bond donors (Lipinski definition) is 1. The number of amides is 1. The molecule has 1 fully saturated rings. The molecule has 0 aliphatic carbocycles. The molecule has 0 bridgehead atoms. The molecule has 1 rings (SSSR count). The van der Waals surface area contributed by atoms with Crippen molar-refractivity contribution in [3.05, 3.63) is 0 Å². The second-order valence-electron chi connectivity index (χ2n) is 5.99. The fourth-order valence-electron chi connectivity index (χ4n) is 2.71. The Kier molecular flexibility index (Phi) is 3.65. The van der Waals surface area contributed by atoms with Gasteiger partial charge in [-0.1, -0.05) is 12.0 Å². The van der Waals surface area contributed by atoms with Crippen LogP contribution in [0.2, 0.25) is 0 Å². The van der Waals surface area contributed by atoms with Crippen molar-refractivity contribution < 1.29 is 10.0 Å². The molecule has 4 heteroatoms. The van der Waals surface area contributed by atoms with Crippen LogP contribution in [0.15, 0.2) is 0 Å². The van der Waals surface area contributed by atoms with Gasteiger partial charge in [-0.05, 0) is 40.5 Å². The number of nitrogens with zero attached hydrogens (tertiary/aromatic N) is 1. The van der Waals surface area contributed by atoms with Gasteiger partial charge in [0.25, 0.3) is 0 Å². The zero-order chi connectivity index (χ0) is 12.6. The molecule has 0 spiro atoms. The highest BCUT2D eigenvalue weighted by Crippen LogP contribution is 2.36. The van der Waals surface area contributed by atoms with E-state index in [1.165, 1.54) is 0 Å². The summed E-state index contributed by atoms with van der Waals surface area (Å²) in [5.74, 6) is 0.107. The molecule has 0 aromatic rings. The number of hydroxylamine groups is 2. The lowest BCUT2D eigenvalue weighted by Gasteiger charge is -2.47. The largest absolute Gasteiger partial charge is 0.353 e. The fraction of sp³-hybridized carbons (Fsp3) is 0.917. The molecule has 1 aliphatic heterocycles. The van der Waals surface area contributed by atoms with E-state index in [4.69, 9.17) is 5.21 Å². The van der Waals surface area contributed by atoms with Crippen molar-refractivity contribution in [1.82, 2.24) is 10.4 Å². The highest BCUT2D eigenvalue weighted by molar-refractivity contribution is 5.75. The second-order valence-corrected chi connectivity index (χ2v) is 5.99. The van der Waals surface area contributed by atoms with E-state index >= 15 is 0 Å². The normalized spacial score (nSPS) is 25.4.